The summed E-state index contributed by atoms with van der Waals surface area (Å²) in [6, 6.07) is 3.86. The van der Waals surface area contributed by atoms with Crippen LogP contribution in [-0.2, 0) is 6.54 Å². The topological polar surface area (TPSA) is 12.0 Å². The zero-order valence-electron chi connectivity index (χ0n) is 6.69. The highest BCUT2D eigenvalue weighted by Gasteiger charge is 1.97. The highest BCUT2D eigenvalue weighted by molar-refractivity contribution is 7.16. The van der Waals surface area contributed by atoms with Gasteiger partial charge in [0, 0.05) is 28.5 Å². The van der Waals surface area contributed by atoms with Gasteiger partial charge in [-0.1, -0.05) is 34.8 Å². The summed E-state index contributed by atoms with van der Waals surface area (Å²) in [5.74, 6) is 0. The number of nitrogens with one attached hydrogen (secondary N) is 1. The number of hydrogen-bond donors (Lipinski definition) is 1. The molecule has 0 saturated heterocycles. The number of hydrogen-bond acceptors (Lipinski definition) is 2. The summed E-state index contributed by atoms with van der Waals surface area (Å²) in [5, 5.41) is 3.73. The molecule has 0 bridgehead atoms. The largest absolute Gasteiger partial charge is 0.307 e. The predicted molar refractivity (Wildman–Crippen MR) is 60.8 cm³/mol. The molecule has 1 N–H and O–H groups in total. The molecule has 0 saturated carbocycles. The molecule has 0 fully saturated rings. The second kappa shape index (κ2) is 5.89. The van der Waals surface area contributed by atoms with Crippen LogP contribution < -0.4 is 5.32 Å². The number of thiophene rings is 1. The molecule has 1 nitrogen and oxygen atoms in total. The predicted octanol–water partition coefficient (Wildman–Crippen LogP) is 3.81. The molecular formula is C8H8Cl3NS. The zero-order valence-corrected chi connectivity index (χ0v) is 9.77. The van der Waals surface area contributed by atoms with Gasteiger partial charge >= 0.3 is 0 Å². The van der Waals surface area contributed by atoms with E-state index in [4.69, 9.17) is 34.8 Å². The normalized spacial score (nSPS) is 12.1. The first-order valence-corrected chi connectivity index (χ1v) is 5.63. The van der Waals surface area contributed by atoms with E-state index in [0.717, 1.165) is 10.9 Å². The van der Waals surface area contributed by atoms with Gasteiger partial charge in [-0.25, -0.2) is 0 Å². The Morgan fingerprint density at radius 1 is 1.54 bits per heavy atom. The van der Waals surface area contributed by atoms with Crippen molar-refractivity contribution in [3.8, 4) is 0 Å². The molecule has 72 valence electrons. The monoisotopic (exact) mass is 255 g/mol. The van der Waals surface area contributed by atoms with Crippen LogP contribution in [0, 0.1) is 0 Å². The minimum Gasteiger partial charge on any atom is -0.307 e. The first-order valence-electron chi connectivity index (χ1n) is 3.62. The summed E-state index contributed by atoms with van der Waals surface area (Å²) >= 11 is 18.4. The molecule has 1 aromatic heterocycles. The first-order chi connectivity index (χ1) is 6.22. The molecule has 0 atom stereocenters. The van der Waals surface area contributed by atoms with Gasteiger partial charge in [0.15, 0.2) is 0 Å². The molecule has 5 heteroatoms. The highest BCUT2D eigenvalue weighted by Crippen LogP contribution is 2.21. The molecule has 1 heterocycles. The van der Waals surface area contributed by atoms with Gasteiger partial charge in [0.2, 0.25) is 0 Å². The van der Waals surface area contributed by atoms with E-state index in [2.05, 4.69) is 5.32 Å². The molecule has 0 unspecified atom stereocenters. The van der Waals surface area contributed by atoms with Crippen LogP contribution in [0.4, 0.5) is 0 Å². The Kier molecular flexibility index (Phi) is 5.14. The van der Waals surface area contributed by atoms with Gasteiger partial charge in [0.05, 0.1) is 4.34 Å². The first kappa shape index (κ1) is 11.3. The lowest BCUT2D eigenvalue weighted by atomic mass is 10.4. The van der Waals surface area contributed by atoms with Crippen LogP contribution in [-0.4, -0.2) is 6.54 Å². The summed E-state index contributed by atoms with van der Waals surface area (Å²) in [4.78, 5) is 1.18. The molecule has 0 aromatic carbocycles. The van der Waals surface area contributed by atoms with Gasteiger partial charge in [-0.3, -0.25) is 0 Å². The molecular weight excluding hydrogens is 249 g/mol. The van der Waals surface area contributed by atoms with Crippen molar-refractivity contribution in [3.05, 3.63) is 31.9 Å². The van der Waals surface area contributed by atoms with Gasteiger partial charge in [-0.05, 0) is 12.1 Å². The van der Waals surface area contributed by atoms with Crippen molar-refractivity contribution in [2.24, 2.45) is 0 Å². The molecule has 0 amide bonds. The van der Waals surface area contributed by atoms with E-state index in [1.165, 1.54) is 10.4 Å². The fraction of sp³-hybridized carbons (Fsp3) is 0.250. The second-order valence-electron chi connectivity index (χ2n) is 2.37. The molecule has 0 aliphatic heterocycles. The van der Waals surface area contributed by atoms with Gasteiger partial charge in [-0.2, -0.15) is 0 Å². The summed E-state index contributed by atoms with van der Waals surface area (Å²) in [5.41, 5.74) is 1.36. The lowest BCUT2D eigenvalue weighted by molar-refractivity contribution is 0.764. The smallest absolute Gasteiger partial charge is 0.0931 e. The van der Waals surface area contributed by atoms with Crippen LogP contribution in [0.3, 0.4) is 0 Å². The summed E-state index contributed by atoms with van der Waals surface area (Å²) in [6.45, 7) is 1.35. The second-order valence-corrected chi connectivity index (χ2v) is 4.87. The standard InChI is InChI=1S/C8H8Cl3NS/c9-3-6(10)4-12-5-7-1-2-8(11)13-7/h1-3,12H,4-5H2. The van der Waals surface area contributed by atoms with Crippen LogP contribution in [0.5, 0.6) is 0 Å². The Bertz CT molecular complexity index is 295. The van der Waals surface area contributed by atoms with E-state index in [9.17, 15) is 0 Å². The average molecular weight is 257 g/mol. The van der Waals surface area contributed by atoms with Gasteiger partial charge in [0.25, 0.3) is 0 Å². The maximum atomic E-state index is 5.76. The number of halogens is 3. The van der Waals surface area contributed by atoms with Crippen molar-refractivity contribution in [1.29, 1.82) is 0 Å². The maximum Gasteiger partial charge on any atom is 0.0931 e. The Balaban J connectivity index is 2.28. The molecule has 0 aliphatic rings. The highest BCUT2D eigenvalue weighted by atomic mass is 35.5. The summed E-state index contributed by atoms with van der Waals surface area (Å²) in [6.07, 6.45) is 0. The van der Waals surface area contributed by atoms with Gasteiger partial charge in [0.1, 0.15) is 0 Å². The fourth-order valence-corrected chi connectivity index (χ4v) is 2.02. The van der Waals surface area contributed by atoms with Crippen molar-refractivity contribution in [3.63, 3.8) is 0 Å². The minimum atomic E-state index is 0.584. The van der Waals surface area contributed by atoms with E-state index in [1.807, 2.05) is 12.1 Å². The third kappa shape index (κ3) is 4.34. The SMILES string of the molecule is ClC=C(Cl)CNCc1ccc(Cl)s1. The Hall–Kier alpha value is 0.270. The molecule has 0 aliphatic carbocycles. The van der Waals surface area contributed by atoms with Crippen molar-refractivity contribution in [1.82, 2.24) is 5.32 Å². The maximum absolute atomic E-state index is 5.76. The van der Waals surface area contributed by atoms with E-state index in [-0.39, 0.29) is 0 Å². The minimum absolute atomic E-state index is 0.584. The Labute approximate surface area is 96.3 Å². The van der Waals surface area contributed by atoms with Crippen molar-refractivity contribution >= 4 is 46.1 Å². The van der Waals surface area contributed by atoms with E-state index in [1.54, 1.807) is 11.3 Å². The lowest BCUT2D eigenvalue weighted by Crippen LogP contribution is -2.13. The van der Waals surface area contributed by atoms with Gasteiger partial charge < -0.3 is 5.32 Å². The number of rotatable bonds is 4. The van der Waals surface area contributed by atoms with E-state index in [0.29, 0.717) is 11.6 Å². The lowest BCUT2D eigenvalue weighted by Gasteiger charge is -1.99. The Morgan fingerprint density at radius 2 is 2.31 bits per heavy atom. The molecule has 0 radical (unpaired) electrons. The third-order valence-corrected chi connectivity index (χ3v) is 3.19. The molecule has 1 aromatic rings. The van der Waals surface area contributed by atoms with Crippen LogP contribution >= 0.6 is 46.1 Å². The van der Waals surface area contributed by atoms with E-state index >= 15 is 0 Å². The van der Waals surface area contributed by atoms with Crippen LogP contribution in [0.1, 0.15) is 4.88 Å². The Morgan fingerprint density at radius 3 is 2.85 bits per heavy atom. The molecule has 0 spiro atoms. The van der Waals surface area contributed by atoms with Crippen molar-refractivity contribution in [2.75, 3.05) is 6.54 Å². The molecule has 1 rings (SSSR count). The fourth-order valence-electron chi connectivity index (χ4n) is 0.790. The van der Waals surface area contributed by atoms with Gasteiger partial charge in [-0.15, -0.1) is 11.3 Å². The zero-order chi connectivity index (χ0) is 9.68. The van der Waals surface area contributed by atoms with Crippen LogP contribution in [0.2, 0.25) is 4.34 Å². The van der Waals surface area contributed by atoms with Crippen molar-refractivity contribution in [2.45, 2.75) is 6.54 Å². The van der Waals surface area contributed by atoms with Crippen LogP contribution in [0.25, 0.3) is 0 Å². The quantitative estimate of drug-likeness (QED) is 0.864. The van der Waals surface area contributed by atoms with Crippen molar-refractivity contribution < 1.29 is 0 Å². The van der Waals surface area contributed by atoms with Crippen LogP contribution in [0.15, 0.2) is 22.7 Å². The summed E-state index contributed by atoms with van der Waals surface area (Å²) in [7, 11) is 0. The average Bonchev–Trinajstić information content (AvgIpc) is 2.51. The third-order valence-electron chi connectivity index (χ3n) is 1.34. The molecule has 13 heavy (non-hydrogen) atoms. The van der Waals surface area contributed by atoms with E-state index < -0.39 is 0 Å². The summed E-state index contributed by atoms with van der Waals surface area (Å²) < 4.78 is 0.802.